The molecule has 1 unspecified atom stereocenters. The average molecular weight is 272 g/mol. The molecule has 1 aromatic rings. The van der Waals surface area contributed by atoms with E-state index in [1.165, 1.54) is 57.3 Å². The number of piperidine rings is 1. The lowest BCUT2D eigenvalue weighted by Crippen LogP contribution is -2.38. The van der Waals surface area contributed by atoms with Gasteiger partial charge in [-0.1, -0.05) is 25.1 Å². The van der Waals surface area contributed by atoms with Gasteiger partial charge in [0.25, 0.3) is 0 Å². The van der Waals surface area contributed by atoms with E-state index in [4.69, 9.17) is 0 Å². The van der Waals surface area contributed by atoms with E-state index < -0.39 is 0 Å². The normalized spacial score (nSPS) is 22.2. The van der Waals surface area contributed by atoms with Gasteiger partial charge in [0.2, 0.25) is 0 Å². The Labute approximate surface area is 123 Å². The topological polar surface area (TPSA) is 15.3 Å². The lowest BCUT2D eigenvalue weighted by Gasteiger charge is -2.29. The zero-order chi connectivity index (χ0) is 13.8. The van der Waals surface area contributed by atoms with Crippen molar-refractivity contribution >= 4 is 0 Å². The zero-order valence-electron chi connectivity index (χ0n) is 12.8. The van der Waals surface area contributed by atoms with E-state index in [-0.39, 0.29) is 0 Å². The van der Waals surface area contributed by atoms with Crippen LogP contribution in [0, 0.1) is 5.92 Å². The first-order valence-electron chi connectivity index (χ1n) is 8.39. The van der Waals surface area contributed by atoms with Gasteiger partial charge in [0.05, 0.1) is 0 Å². The van der Waals surface area contributed by atoms with Gasteiger partial charge in [0.1, 0.15) is 0 Å². The van der Waals surface area contributed by atoms with E-state index in [1.807, 2.05) is 0 Å². The minimum atomic E-state index is 0.845. The fourth-order valence-electron chi connectivity index (χ4n) is 3.73. The molecule has 1 aromatic carbocycles. The Morgan fingerprint density at radius 3 is 2.90 bits per heavy atom. The highest BCUT2D eigenvalue weighted by atomic mass is 15.1. The summed E-state index contributed by atoms with van der Waals surface area (Å²) >= 11 is 0. The highest BCUT2D eigenvalue weighted by Gasteiger charge is 2.17. The molecule has 110 valence electrons. The molecule has 20 heavy (non-hydrogen) atoms. The number of hydrogen-bond acceptors (Lipinski definition) is 2. The van der Waals surface area contributed by atoms with Crippen LogP contribution in [-0.2, 0) is 19.4 Å². The highest BCUT2D eigenvalue weighted by molar-refractivity contribution is 5.35. The zero-order valence-corrected chi connectivity index (χ0v) is 12.8. The Hall–Kier alpha value is -0.860. The molecule has 1 fully saturated rings. The lowest BCUT2D eigenvalue weighted by atomic mass is 9.98. The SMILES string of the molecule is CCN(Cc1ccc2c(c1)CCC2)CC1CCCNC1. The van der Waals surface area contributed by atoms with Gasteiger partial charge < -0.3 is 5.32 Å². The van der Waals surface area contributed by atoms with Crippen molar-refractivity contribution in [1.29, 1.82) is 0 Å². The van der Waals surface area contributed by atoms with Crippen molar-refractivity contribution in [2.75, 3.05) is 26.2 Å². The van der Waals surface area contributed by atoms with E-state index in [1.54, 1.807) is 11.1 Å². The van der Waals surface area contributed by atoms with Gasteiger partial charge in [-0.2, -0.15) is 0 Å². The first-order chi connectivity index (χ1) is 9.85. The van der Waals surface area contributed by atoms with Crippen molar-refractivity contribution in [2.24, 2.45) is 5.92 Å². The third-order valence-electron chi connectivity index (χ3n) is 4.93. The third kappa shape index (κ3) is 3.42. The maximum Gasteiger partial charge on any atom is 0.0233 e. The smallest absolute Gasteiger partial charge is 0.0233 e. The van der Waals surface area contributed by atoms with Crippen molar-refractivity contribution in [1.82, 2.24) is 10.2 Å². The van der Waals surface area contributed by atoms with Gasteiger partial charge in [-0.15, -0.1) is 0 Å². The van der Waals surface area contributed by atoms with Crippen LogP contribution in [0.15, 0.2) is 18.2 Å². The summed E-state index contributed by atoms with van der Waals surface area (Å²) in [7, 11) is 0. The van der Waals surface area contributed by atoms with Gasteiger partial charge >= 0.3 is 0 Å². The quantitative estimate of drug-likeness (QED) is 0.886. The van der Waals surface area contributed by atoms with Crippen LogP contribution in [0.4, 0.5) is 0 Å². The predicted molar refractivity (Wildman–Crippen MR) is 85.0 cm³/mol. The van der Waals surface area contributed by atoms with Crippen molar-refractivity contribution in [3.63, 3.8) is 0 Å². The number of hydrogen-bond donors (Lipinski definition) is 1. The monoisotopic (exact) mass is 272 g/mol. The molecule has 2 heteroatoms. The van der Waals surface area contributed by atoms with Crippen LogP contribution in [0.2, 0.25) is 0 Å². The van der Waals surface area contributed by atoms with Crippen LogP contribution in [0.5, 0.6) is 0 Å². The summed E-state index contributed by atoms with van der Waals surface area (Å²) < 4.78 is 0. The second kappa shape index (κ2) is 6.73. The van der Waals surface area contributed by atoms with Gasteiger partial charge in [-0.25, -0.2) is 0 Å². The Kier molecular flexibility index (Phi) is 4.74. The largest absolute Gasteiger partial charge is 0.316 e. The van der Waals surface area contributed by atoms with Crippen LogP contribution in [0.3, 0.4) is 0 Å². The predicted octanol–water partition coefficient (Wildman–Crippen LogP) is 3.00. The number of benzene rings is 1. The molecule has 1 heterocycles. The van der Waals surface area contributed by atoms with E-state index in [0.717, 1.165) is 19.0 Å². The minimum absolute atomic E-state index is 0.845. The van der Waals surface area contributed by atoms with E-state index in [9.17, 15) is 0 Å². The van der Waals surface area contributed by atoms with Gasteiger partial charge in [0, 0.05) is 13.1 Å². The molecule has 1 N–H and O–H groups in total. The minimum Gasteiger partial charge on any atom is -0.316 e. The third-order valence-corrected chi connectivity index (χ3v) is 4.93. The van der Waals surface area contributed by atoms with Crippen LogP contribution in [-0.4, -0.2) is 31.1 Å². The van der Waals surface area contributed by atoms with Crippen LogP contribution >= 0.6 is 0 Å². The van der Waals surface area contributed by atoms with E-state index >= 15 is 0 Å². The molecule has 1 aliphatic carbocycles. The molecule has 2 nitrogen and oxygen atoms in total. The maximum atomic E-state index is 3.54. The maximum absolute atomic E-state index is 3.54. The summed E-state index contributed by atoms with van der Waals surface area (Å²) in [5.41, 5.74) is 4.71. The highest BCUT2D eigenvalue weighted by Crippen LogP contribution is 2.23. The Morgan fingerprint density at radius 1 is 1.20 bits per heavy atom. The van der Waals surface area contributed by atoms with E-state index in [0.29, 0.717) is 0 Å². The molecule has 1 atom stereocenters. The van der Waals surface area contributed by atoms with Crippen LogP contribution < -0.4 is 5.32 Å². The molecule has 1 aliphatic heterocycles. The molecule has 2 aliphatic rings. The first kappa shape index (κ1) is 14.1. The van der Waals surface area contributed by atoms with Crippen LogP contribution in [0.25, 0.3) is 0 Å². The Morgan fingerprint density at radius 2 is 2.10 bits per heavy atom. The molecule has 0 amide bonds. The molecular formula is C18H28N2. The second-order valence-corrected chi connectivity index (χ2v) is 6.50. The molecule has 0 saturated carbocycles. The molecule has 3 rings (SSSR count). The fourth-order valence-corrected chi connectivity index (χ4v) is 3.73. The molecule has 1 saturated heterocycles. The van der Waals surface area contributed by atoms with Crippen molar-refractivity contribution in [2.45, 2.75) is 45.6 Å². The lowest BCUT2D eigenvalue weighted by molar-refractivity contribution is 0.209. The molecule has 0 radical (unpaired) electrons. The van der Waals surface area contributed by atoms with Gasteiger partial charge in [-0.05, 0) is 74.3 Å². The summed E-state index contributed by atoms with van der Waals surface area (Å²) in [4.78, 5) is 2.62. The van der Waals surface area contributed by atoms with Crippen molar-refractivity contribution in [3.05, 3.63) is 34.9 Å². The number of nitrogens with one attached hydrogen (secondary N) is 1. The summed E-state index contributed by atoms with van der Waals surface area (Å²) in [6.45, 7) is 8.26. The van der Waals surface area contributed by atoms with Crippen molar-refractivity contribution < 1.29 is 0 Å². The average Bonchev–Trinajstić information content (AvgIpc) is 2.95. The van der Waals surface area contributed by atoms with E-state index in [2.05, 4.69) is 35.3 Å². The number of rotatable bonds is 5. The Balaban J connectivity index is 1.59. The number of fused-ring (bicyclic) bond motifs is 1. The number of nitrogens with zero attached hydrogens (tertiary/aromatic N) is 1. The Bertz CT molecular complexity index is 435. The summed E-state index contributed by atoms with van der Waals surface area (Å²) in [5.74, 6) is 0.845. The van der Waals surface area contributed by atoms with Gasteiger partial charge in [0.15, 0.2) is 0 Å². The van der Waals surface area contributed by atoms with Gasteiger partial charge in [-0.3, -0.25) is 4.90 Å². The summed E-state index contributed by atoms with van der Waals surface area (Å²) in [6.07, 6.45) is 6.68. The molecule has 0 spiro atoms. The molecule has 0 bridgehead atoms. The number of aryl methyl sites for hydroxylation is 2. The van der Waals surface area contributed by atoms with Crippen LogP contribution in [0.1, 0.15) is 42.9 Å². The first-order valence-corrected chi connectivity index (χ1v) is 8.39. The summed E-state index contributed by atoms with van der Waals surface area (Å²) in [5, 5.41) is 3.54. The second-order valence-electron chi connectivity index (χ2n) is 6.50. The fraction of sp³-hybridized carbons (Fsp3) is 0.667. The molecule has 0 aromatic heterocycles. The van der Waals surface area contributed by atoms with Crippen molar-refractivity contribution in [3.8, 4) is 0 Å². The molecular weight excluding hydrogens is 244 g/mol. The standard InChI is InChI=1S/C18H28N2/c1-2-20(14-16-5-4-10-19-12-16)13-15-8-9-17-6-3-7-18(17)11-15/h8-9,11,16,19H,2-7,10,12-14H2,1H3. The summed E-state index contributed by atoms with van der Waals surface area (Å²) in [6, 6.07) is 7.18.